The van der Waals surface area contributed by atoms with E-state index in [2.05, 4.69) is 25.0 Å². The molecule has 0 saturated heterocycles. The summed E-state index contributed by atoms with van der Waals surface area (Å²) in [4.78, 5) is 24.4. The monoisotopic (exact) mass is 654 g/mol. The number of rotatable bonds is 12. The van der Waals surface area contributed by atoms with Crippen molar-refractivity contribution >= 4 is 48.2 Å². The molecule has 0 aliphatic heterocycles. The maximum Gasteiger partial charge on any atom is 0.319 e. The largest absolute Gasteiger partial charge is 0.480 e. The van der Waals surface area contributed by atoms with Gasteiger partial charge in [0.2, 0.25) is 21.8 Å². The molecular formula is C30H34N6O7S2. The van der Waals surface area contributed by atoms with Crippen LogP contribution in [0, 0.1) is 0 Å². The van der Waals surface area contributed by atoms with Gasteiger partial charge in [0.1, 0.15) is 4.90 Å². The number of aromatic nitrogens is 3. The third-order valence-corrected chi connectivity index (χ3v) is 10.4. The van der Waals surface area contributed by atoms with Crippen LogP contribution < -0.4 is 24.2 Å². The van der Waals surface area contributed by atoms with Crippen LogP contribution in [0.3, 0.4) is 0 Å². The van der Waals surface area contributed by atoms with Gasteiger partial charge in [0, 0.05) is 36.4 Å². The molecule has 2 aromatic heterocycles. The van der Waals surface area contributed by atoms with Crippen LogP contribution in [-0.4, -0.2) is 58.0 Å². The lowest BCUT2D eigenvalue weighted by Gasteiger charge is -2.19. The van der Waals surface area contributed by atoms with Crippen molar-refractivity contribution in [3.63, 3.8) is 0 Å². The van der Waals surface area contributed by atoms with E-state index in [0.717, 1.165) is 19.8 Å². The molecule has 0 bridgehead atoms. The van der Waals surface area contributed by atoms with Crippen LogP contribution >= 0.6 is 0 Å². The lowest BCUT2D eigenvalue weighted by atomic mass is 9.98. The first-order valence-corrected chi connectivity index (χ1v) is 17.2. The van der Waals surface area contributed by atoms with E-state index in [1.54, 1.807) is 30.5 Å². The summed E-state index contributed by atoms with van der Waals surface area (Å²) >= 11 is 0. The number of amides is 1. The molecule has 45 heavy (non-hydrogen) atoms. The van der Waals surface area contributed by atoms with Crippen molar-refractivity contribution in [2.45, 2.75) is 61.8 Å². The zero-order valence-electron chi connectivity index (χ0n) is 25.4. The van der Waals surface area contributed by atoms with Gasteiger partial charge < -0.3 is 14.8 Å². The molecule has 1 fully saturated rings. The molecule has 1 aliphatic carbocycles. The minimum Gasteiger partial charge on any atom is -0.480 e. The van der Waals surface area contributed by atoms with E-state index in [4.69, 9.17) is 9.47 Å². The first-order valence-electron chi connectivity index (χ1n) is 14.2. The number of hydrogen-bond donors (Lipinski definition) is 3. The molecule has 1 unspecified atom stereocenters. The number of fused-ring (bicyclic) bond motifs is 1. The second kappa shape index (κ2) is 12.6. The van der Waals surface area contributed by atoms with Crippen LogP contribution in [0.5, 0.6) is 11.9 Å². The fourth-order valence-electron chi connectivity index (χ4n) is 4.72. The Bertz CT molecular complexity index is 2000. The summed E-state index contributed by atoms with van der Waals surface area (Å²) in [5.41, 5.74) is 2.90. The van der Waals surface area contributed by atoms with Crippen molar-refractivity contribution in [2.75, 3.05) is 19.5 Å². The van der Waals surface area contributed by atoms with E-state index < -0.39 is 26.0 Å². The minimum atomic E-state index is -4.19. The van der Waals surface area contributed by atoms with Crippen LogP contribution in [0.1, 0.15) is 51.5 Å². The molecule has 5 rings (SSSR count). The Kier molecular flexibility index (Phi) is 8.96. The number of anilines is 2. The molecule has 2 heterocycles. The van der Waals surface area contributed by atoms with Gasteiger partial charge in [-0.15, -0.1) is 0 Å². The van der Waals surface area contributed by atoms with Gasteiger partial charge in [-0.05, 0) is 60.6 Å². The molecule has 1 saturated carbocycles. The number of nitrogens with zero attached hydrogens (tertiary/aromatic N) is 3. The van der Waals surface area contributed by atoms with E-state index in [9.17, 15) is 21.6 Å². The average Bonchev–Trinajstić information content (AvgIpc) is 3.82. The summed E-state index contributed by atoms with van der Waals surface area (Å²) in [5.74, 6) is -0.480. The summed E-state index contributed by atoms with van der Waals surface area (Å²) < 4.78 is 68.4. The predicted molar refractivity (Wildman–Crippen MR) is 169 cm³/mol. The van der Waals surface area contributed by atoms with Gasteiger partial charge in [0.15, 0.2) is 0 Å². The second-order valence-electron chi connectivity index (χ2n) is 10.8. The Balaban J connectivity index is 1.69. The normalized spacial score (nSPS) is 14.2. The second-order valence-corrected chi connectivity index (χ2v) is 14.2. The van der Waals surface area contributed by atoms with E-state index >= 15 is 0 Å². The van der Waals surface area contributed by atoms with Gasteiger partial charge in [0.25, 0.3) is 10.0 Å². The number of sulfonamides is 2. The number of benzene rings is 2. The van der Waals surface area contributed by atoms with Crippen molar-refractivity contribution in [1.82, 2.24) is 24.4 Å². The van der Waals surface area contributed by atoms with Crippen LogP contribution in [0.4, 0.5) is 11.4 Å². The van der Waals surface area contributed by atoms with E-state index in [1.807, 2.05) is 18.6 Å². The van der Waals surface area contributed by atoms with Gasteiger partial charge in [-0.25, -0.2) is 31.3 Å². The highest BCUT2D eigenvalue weighted by Gasteiger charge is 2.31. The number of methoxy groups -OCH3 is 2. The quantitative estimate of drug-likeness (QED) is 0.199. The Morgan fingerprint density at radius 2 is 1.76 bits per heavy atom. The Morgan fingerprint density at radius 3 is 2.40 bits per heavy atom. The number of carbonyl (C=O) groups is 1. The summed E-state index contributed by atoms with van der Waals surface area (Å²) in [7, 11) is -5.28. The summed E-state index contributed by atoms with van der Waals surface area (Å²) in [5, 5.41) is 3.66. The van der Waals surface area contributed by atoms with Crippen molar-refractivity contribution in [2.24, 2.45) is 0 Å². The first kappa shape index (κ1) is 32.1. The Hall–Kier alpha value is -4.34. The van der Waals surface area contributed by atoms with Gasteiger partial charge >= 0.3 is 6.01 Å². The average molecular weight is 655 g/mol. The summed E-state index contributed by atoms with van der Waals surface area (Å²) in [6.45, 7) is 5.03. The molecule has 2 aromatic carbocycles. The predicted octanol–water partition coefficient (Wildman–Crippen LogP) is 4.23. The lowest BCUT2D eigenvalue weighted by molar-refractivity contribution is -0.117. The molecule has 3 N–H and O–H groups in total. The lowest BCUT2D eigenvalue weighted by Crippen LogP contribution is -2.28. The molecular weight excluding hydrogens is 620 g/mol. The van der Waals surface area contributed by atoms with Crippen molar-refractivity contribution in [3.05, 3.63) is 54.4 Å². The molecule has 1 atom stereocenters. The zero-order valence-corrected chi connectivity index (χ0v) is 27.0. The summed E-state index contributed by atoms with van der Waals surface area (Å²) in [6, 6.07) is 9.85. The SMILES string of the molecule is CCC(C)c1cc(Nc2c(S(=O)(=O)NC3CC3)cnc3cc(-c4cnc(OC)nc4OC)ccc23)cc(S(=O)(=O)NC(C)=O)c1. The number of carbonyl (C=O) groups excluding carboxylic acids is 1. The smallest absolute Gasteiger partial charge is 0.319 e. The molecule has 0 radical (unpaired) electrons. The highest BCUT2D eigenvalue weighted by molar-refractivity contribution is 7.90. The maximum atomic E-state index is 13.6. The van der Waals surface area contributed by atoms with Gasteiger partial charge in [-0.2, -0.15) is 4.98 Å². The van der Waals surface area contributed by atoms with Gasteiger partial charge in [0.05, 0.1) is 35.9 Å². The van der Waals surface area contributed by atoms with E-state index in [0.29, 0.717) is 39.7 Å². The molecule has 238 valence electrons. The number of nitrogens with one attached hydrogen (secondary N) is 3. The van der Waals surface area contributed by atoms with Crippen molar-refractivity contribution in [1.29, 1.82) is 0 Å². The van der Waals surface area contributed by atoms with E-state index in [-0.39, 0.29) is 39.3 Å². The number of pyridine rings is 1. The summed E-state index contributed by atoms with van der Waals surface area (Å²) in [6.07, 6.45) is 5.02. The maximum absolute atomic E-state index is 13.6. The van der Waals surface area contributed by atoms with Crippen LogP contribution in [0.25, 0.3) is 22.0 Å². The number of hydrogen-bond acceptors (Lipinski definition) is 11. The molecule has 15 heteroatoms. The molecule has 0 spiro atoms. The number of ether oxygens (including phenoxy) is 2. The molecule has 4 aromatic rings. The van der Waals surface area contributed by atoms with Crippen molar-refractivity contribution in [3.8, 4) is 23.0 Å². The zero-order chi connectivity index (χ0) is 32.5. The molecule has 1 aliphatic rings. The van der Waals surface area contributed by atoms with Gasteiger partial charge in [-0.1, -0.05) is 26.0 Å². The standard InChI is InChI=1S/C30H34N6O7S2/c1-6-17(2)20-11-22(14-23(12-20)44(38,39)35-18(3)37)33-28-24-10-7-19(25-15-32-30(43-5)34-29(25)42-4)13-26(24)31-16-27(28)45(40,41)36-21-8-9-21/h7,10-17,21,36H,6,8-9H2,1-5H3,(H,31,33)(H,35,37). The minimum absolute atomic E-state index is 0.0313. The van der Waals surface area contributed by atoms with Crippen molar-refractivity contribution < 1.29 is 31.1 Å². The Morgan fingerprint density at radius 1 is 1.00 bits per heavy atom. The molecule has 1 amide bonds. The first-order chi connectivity index (χ1) is 21.3. The highest BCUT2D eigenvalue weighted by atomic mass is 32.2. The fourth-order valence-corrected chi connectivity index (χ4v) is 7.22. The van der Waals surface area contributed by atoms with Crippen LogP contribution in [0.15, 0.2) is 58.6 Å². The van der Waals surface area contributed by atoms with Crippen LogP contribution in [0.2, 0.25) is 0 Å². The Labute approximate surface area is 261 Å². The van der Waals surface area contributed by atoms with E-state index in [1.165, 1.54) is 32.5 Å². The third-order valence-electron chi connectivity index (χ3n) is 7.41. The highest BCUT2D eigenvalue weighted by Crippen LogP contribution is 2.38. The van der Waals surface area contributed by atoms with Crippen LogP contribution in [-0.2, 0) is 24.8 Å². The topological polar surface area (TPSA) is 179 Å². The third kappa shape index (κ3) is 7.00. The fraction of sp³-hybridized carbons (Fsp3) is 0.333. The molecule has 13 nitrogen and oxygen atoms in total. The van der Waals surface area contributed by atoms with Gasteiger partial charge in [-0.3, -0.25) is 9.78 Å².